The molecule has 3 aromatic carbocycles. The summed E-state index contributed by atoms with van der Waals surface area (Å²) in [5, 5.41) is 17.5. The maximum absolute atomic E-state index is 12.7. The molecule has 0 radical (unpaired) electrons. The maximum atomic E-state index is 12.7. The Kier molecular flexibility index (Phi) is 6.22. The molecule has 0 spiro atoms. The number of nitro groups is 1. The molecule has 0 aliphatic heterocycles. The van der Waals surface area contributed by atoms with Gasteiger partial charge in [-0.3, -0.25) is 14.9 Å². The van der Waals surface area contributed by atoms with E-state index in [0.717, 1.165) is 16.8 Å². The van der Waals surface area contributed by atoms with Crippen LogP contribution in [-0.2, 0) is 13.1 Å². The van der Waals surface area contributed by atoms with Gasteiger partial charge in [0.25, 0.3) is 11.6 Å². The quantitative estimate of drug-likeness (QED) is 0.318. The van der Waals surface area contributed by atoms with Crippen LogP contribution in [0.4, 0.5) is 17.1 Å². The first kappa shape index (κ1) is 20.8. The lowest BCUT2D eigenvalue weighted by Gasteiger charge is -2.12. The largest absolute Gasteiger partial charge is 0.350 e. The predicted octanol–water partition coefficient (Wildman–Crippen LogP) is 4.51. The molecule has 1 heterocycles. The summed E-state index contributed by atoms with van der Waals surface area (Å²) in [6.45, 7) is 0.943. The number of aromatic nitrogens is 2. The van der Waals surface area contributed by atoms with E-state index in [1.165, 1.54) is 6.07 Å². The van der Waals surface area contributed by atoms with Crippen molar-refractivity contribution in [2.24, 2.45) is 0 Å². The molecule has 0 aliphatic rings. The van der Waals surface area contributed by atoms with Crippen LogP contribution in [-0.4, -0.2) is 20.4 Å². The van der Waals surface area contributed by atoms with Gasteiger partial charge in [0.2, 0.25) is 0 Å². The van der Waals surface area contributed by atoms with Gasteiger partial charge in [0.15, 0.2) is 0 Å². The van der Waals surface area contributed by atoms with Crippen molar-refractivity contribution >= 4 is 23.0 Å². The van der Waals surface area contributed by atoms with Gasteiger partial charge in [-0.25, -0.2) is 4.98 Å². The summed E-state index contributed by atoms with van der Waals surface area (Å²) in [6.07, 6.45) is 5.33. The number of nitro benzene ring substituents is 1. The molecule has 1 aromatic heterocycles. The highest BCUT2D eigenvalue weighted by Gasteiger charge is 2.18. The fourth-order valence-corrected chi connectivity index (χ4v) is 3.35. The Morgan fingerprint density at radius 2 is 1.75 bits per heavy atom. The van der Waals surface area contributed by atoms with Crippen LogP contribution >= 0.6 is 0 Å². The number of benzene rings is 3. The van der Waals surface area contributed by atoms with Crippen LogP contribution < -0.4 is 10.6 Å². The van der Waals surface area contributed by atoms with E-state index in [4.69, 9.17) is 0 Å². The van der Waals surface area contributed by atoms with E-state index in [0.29, 0.717) is 18.8 Å². The number of amides is 1. The van der Waals surface area contributed by atoms with E-state index < -0.39 is 4.92 Å². The highest BCUT2D eigenvalue weighted by molar-refractivity contribution is 5.96. The molecular weight excluding hydrogens is 406 g/mol. The molecule has 4 rings (SSSR count). The molecule has 1 amide bonds. The van der Waals surface area contributed by atoms with Crippen molar-refractivity contribution in [2.45, 2.75) is 13.1 Å². The molecule has 0 unspecified atom stereocenters. The number of nitrogens with one attached hydrogen (secondary N) is 2. The minimum Gasteiger partial charge on any atom is -0.350 e. The second-order valence-corrected chi connectivity index (χ2v) is 7.17. The summed E-state index contributed by atoms with van der Waals surface area (Å²) in [6, 6.07) is 21.4. The van der Waals surface area contributed by atoms with Gasteiger partial charge in [-0.1, -0.05) is 42.5 Å². The van der Waals surface area contributed by atoms with Crippen LogP contribution in [0.1, 0.15) is 21.5 Å². The number of hydrogen-bond acceptors (Lipinski definition) is 5. The Hall–Kier alpha value is -4.46. The van der Waals surface area contributed by atoms with Crippen molar-refractivity contribution in [1.82, 2.24) is 14.9 Å². The van der Waals surface area contributed by atoms with Crippen molar-refractivity contribution < 1.29 is 9.72 Å². The van der Waals surface area contributed by atoms with Crippen molar-refractivity contribution in [1.29, 1.82) is 0 Å². The number of imidazole rings is 1. The minimum atomic E-state index is -0.498. The van der Waals surface area contributed by atoms with Gasteiger partial charge in [-0.2, -0.15) is 0 Å². The van der Waals surface area contributed by atoms with Crippen molar-refractivity contribution in [3.05, 3.63) is 118 Å². The molecule has 0 saturated heterocycles. The fourth-order valence-electron chi connectivity index (χ4n) is 3.35. The first-order valence-corrected chi connectivity index (χ1v) is 10.0. The Morgan fingerprint density at radius 3 is 2.47 bits per heavy atom. The monoisotopic (exact) mass is 427 g/mol. The van der Waals surface area contributed by atoms with E-state index >= 15 is 0 Å². The Morgan fingerprint density at radius 1 is 1.00 bits per heavy atom. The Balaban J connectivity index is 1.48. The molecule has 0 saturated carbocycles. The molecule has 160 valence electrons. The van der Waals surface area contributed by atoms with E-state index in [-0.39, 0.29) is 17.2 Å². The highest BCUT2D eigenvalue weighted by atomic mass is 16.6. The van der Waals surface area contributed by atoms with E-state index in [1.54, 1.807) is 24.7 Å². The third-order valence-electron chi connectivity index (χ3n) is 4.98. The van der Waals surface area contributed by atoms with Crippen LogP contribution in [0.5, 0.6) is 0 Å². The third kappa shape index (κ3) is 4.99. The van der Waals surface area contributed by atoms with E-state index in [2.05, 4.69) is 15.6 Å². The molecule has 8 nitrogen and oxygen atoms in total. The van der Waals surface area contributed by atoms with Crippen LogP contribution in [0, 0.1) is 10.1 Å². The first-order valence-electron chi connectivity index (χ1n) is 10.0. The van der Waals surface area contributed by atoms with Crippen molar-refractivity contribution in [2.75, 3.05) is 5.32 Å². The number of anilines is 2. The van der Waals surface area contributed by atoms with Gasteiger partial charge in [0, 0.05) is 42.8 Å². The minimum absolute atomic E-state index is 0.165. The van der Waals surface area contributed by atoms with Crippen LogP contribution in [0.2, 0.25) is 0 Å². The average molecular weight is 427 g/mol. The number of nitrogens with zero attached hydrogens (tertiary/aromatic N) is 3. The van der Waals surface area contributed by atoms with E-state index in [9.17, 15) is 14.9 Å². The molecule has 0 bridgehead atoms. The van der Waals surface area contributed by atoms with Gasteiger partial charge >= 0.3 is 0 Å². The number of carbonyl (C=O) groups is 1. The molecular formula is C24H21N5O3. The summed E-state index contributed by atoms with van der Waals surface area (Å²) >= 11 is 0. The zero-order chi connectivity index (χ0) is 22.3. The van der Waals surface area contributed by atoms with Gasteiger partial charge in [0.1, 0.15) is 5.69 Å². The number of hydrogen-bond donors (Lipinski definition) is 2. The van der Waals surface area contributed by atoms with Crippen LogP contribution in [0.3, 0.4) is 0 Å². The van der Waals surface area contributed by atoms with Crippen molar-refractivity contribution in [3.63, 3.8) is 0 Å². The molecule has 0 fully saturated rings. The summed E-state index contributed by atoms with van der Waals surface area (Å²) < 4.78 is 1.95. The Labute approximate surface area is 184 Å². The lowest BCUT2D eigenvalue weighted by molar-refractivity contribution is -0.383. The summed E-state index contributed by atoms with van der Waals surface area (Å²) in [5.41, 5.74) is 3.13. The molecule has 0 atom stereocenters. The second kappa shape index (κ2) is 9.57. The van der Waals surface area contributed by atoms with E-state index in [1.807, 2.05) is 65.4 Å². The number of para-hydroxylation sites is 1. The topological polar surface area (TPSA) is 102 Å². The zero-order valence-corrected chi connectivity index (χ0v) is 17.1. The molecule has 0 aliphatic carbocycles. The standard InChI is InChI=1S/C24H21N5O3/c30-24(26-15-19-6-4-5-7-20(19)16-28-13-12-25-17-28)18-10-11-22(23(14-18)29(31)32)27-21-8-2-1-3-9-21/h1-14,17,27H,15-16H2,(H,26,30). The second-order valence-electron chi connectivity index (χ2n) is 7.17. The van der Waals surface area contributed by atoms with Gasteiger partial charge < -0.3 is 15.2 Å². The third-order valence-corrected chi connectivity index (χ3v) is 4.98. The van der Waals surface area contributed by atoms with Crippen LogP contribution in [0.25, 0.3) is 0 Å². The van der Waals surface area contributed by atoms with Crippen molar-refractivity contribution in [3.8, 4) is 0 Å². The average Bonchev–Trinajstić information content (AvgIpc) is 3.32. The maximum Gasteiger partial charge on any atom is 0.293 e. The lowest BCUT2D eigenvalue weighted by Crippen LogP contribution is -2.23. The molecule has 4 aromatic rings. The predicted molar refractivity (Wildman–Crippen MR) is 122 cm³/mol. The molecule has 32 heavy (non-hydrogen) atoms. The smallest absolute Gasteiger partial charge is 0.293 e. The normalized spacial score (nSPS) is 10.5. The SMILES string of the molecule is O=C(NCc1ccccc1Cn1ccnc1)c1ccc(Nc2ccccc2)c([N+](=O)[O-])c1. The zero-order valence-electron chi connectivity index (χ0n) is 17.1. The van der Waals surface area contributed by atoms with Gasteiger partial charge in [-0.05, 0) is 35.4 Å². The number of carbonyl (C=O) groups excluding carboxylic acids is 1. The fraction of sp³-hybridized carbons (Fsp3) is 0.0833. The summed E-state index contributed by atoms with van der Waals surface area (Å²) in [4.78, 5) is 27.9. The summed E-state index contributed by atoms with van der Waals surface area (Å²) in [7, 11) is 0. The van der Waals surface area contributed by atoms with Gasteiger partial charge in [-0.15, -0.1) is 0 Å². The highest BCUT2D eigenvalue weighted by Crippen LogP contribution is 2.28. The number of rotatable bonds is 8. The molecule has 8 heteroatoms. The summed E-state index contributed by atoms with van der Waals surface area (Å²) in [5.74, 6) is -0.378. The Bertz CT molecular complexity index is 1220. The molecule has 2 N–H and O–H groups in total. The van der Waals surface area contributed by atoms with Crippen LogP contribution in [0.15, 0.2) is 91.5 Å². The lowest BCUT2D eigenvalue weighted by atomic mass is 10.1. The first-order chi connectivity index (χ1) is 15.6. The van der Waals surface area contributed by atoms with Gasteiger partial charge in [0.05, 0.1) is 11.3 Å².